The quantitative estimate of drug-likeness (QED) is 0.492. The van der Waals surface area contributed by atoms with Gasteiger partial charge < -0.3 is 0 Å². The molecule has 0 aromatic heterocycles. The smallest absolute Gasteiger partial charge is 0.129 e. The zero-order valence-electron chi connectivity index (χ0n) is 8.29. The van der Waals surface area contributed by atoms with Gasteiger partial charge in [-0.15, -0.1) is 0 Å². The van der Waals surface area contributed by atoms with Gasteiger partial charge in [-0.2, -0.15) is 0 Å². The van der Waals surface area contributed by atoms with E-state index in [-0.39, 0.29) is 10.8 Å². The molecular formula is C11H17O. The summed E-state index contributed by atoms with van der Waals surface area (Å²) in [6.45, 7) is 8.72. The minimum absolute atomic E-state index is 0.0356. The Labute approximate surface area is 74.8 Å². The van der Waals surface area contributed by atoms with Gasteiger partial charge in [0.1, 0.15) is 6.10 Å². The molecular weight excluding hydrogens is 148 g/mol. The maximum Gasteiger partial charge on any atom is 0.129 e. The Morgan fingerprint density at radius 2 is 1.58 bits per heavy atom. The SMILES string of the molecule is CC(C)(C)C1(C)C=CC([O])C=C1. The third-order valence-corrected chi connectivity index (χ3v) is 2.88. The maximum absolute atomic E-state index is 11.0. The third kappa shape index (κ3) is 1.61. The van der Waals surface area contributed by atoms with Crippen LogP contribution >= 0.6 is 0 Å². The van der Waals surface area contributed by atoms with Gasteiger partial charge in [-0.05, 0) is 5.41 Å². The Bertz CT molecular complexity index is 204. The van der Waals surface area contributed by atoms with E-state index in [1.54, 1.807) is 12.2 Å². The van der Waals surface area contributed by atoms with Crippen molar-refractivity contribution in [3.05, 3.63) is 24.3 Å². The van der Waals surface area contributed by atoms with Crippen molar-refractivity contribution in [1.29, 1.82) is 0 Å². The average molecular weight is 165 g/mol. The second-order valence-corrected chi connectivity index (χ2v) is 4.72. The van der Waals surface area contributed by atoms with Crippen LogP contribution in [0.1, 0.15) is 27.7 Å². The number of hydrogen-bond donors (Lipinski definition) is 0. The first-order chi connectivity index (χ1) is 5.35. The molecule has 0 spiro atoms. The van der Waals surface area contributed by atoms with Gasteiger partial charge in [-0.3, -0.25) is 0 Å². The molecule has 1 rings (SSSR count). The van der Waals surface area contributed by atoms with Crippen LogP contribution in [0.25, 0.3) is 0 Å². The number of hydrogen-bond acceptors (Lipinski definition) is 0. The summed E-state index contributed by atoms with van der Waals surface area (Å²) in [6.07, 6.45) is 6.91. The molecule has 1 heteroatoms. The summed E-state index contributed by atoms with van der Waals surface area (Å²) in [5.41, 5.74) is 0.216. The molecule has 0 aliphatic heterocycles. The van der Waals surface area contributed by atoms with Gasteiger partial charge in [0, 0.05) is 5.41 Å². The van der Waals surface area contributed by atoms with Crippen LogP contribution < -0.4 is 0 Å². The summed E-state index contributed by atoms with van der Waals surface area (Å²) >= 11 is 0. The summed E-state index contributed by atoms with van der Waals surface area (Å²) in [5.74, 6) is 0. The molecule has 0 heterocycles. The largest absolute Gasteiger partial charge is 0.224 e. The third-order valence-electron chi connectivity index (χ3n) is 2.88. The average Bonchev–Trinajstić information content (AvgIpc) is 1.93. The molecule has 67 valence electrons. The first kappa shape index (κ1) is 9.53. The van der Waals surface area contributed by atoms with Gasteiger partial charge >= 0.3 is 0 Å². The molecule has 0 unspecified atom stereocenters. The highest BCUT2D eigenvalue weighted by atomic mass is 16.3. The van der Waals surface area contributed by atoms with Gasteiger partial charge in [-0.1, -0.05) is 52.0 Å². The van der Waals surface area contributed by atoms with Crippen LogP contribution in [0.4, 0.5) is 0 Å². The molecule has 1 aliphatic rings. The molecule has 1 radical (unpaired) electrons. The Hall–Kier alpha value is -0.560. The Morgan fingerprint density at radius 1 is 1.17 bits per heavy atom. The van der Waals surface area contributed by atoms with Crippen LogP contribution in [0.2, 0.25) is 0 Å². The summed E-state index contributed by atoms with van der Waals surface area (Å²) in [7, 11) is 0. The van der Waals surface area contributed by atoms with Crippen molar-refractivity contribution in [2.45, 2.75) is 33.8 Å². The normalized spacial score (nSPS) is 35.6. The zero-order chi connectivity index (χ0) is 9.41. The van der Waals surface area contributed by atoms with E-state index in [0.717, 1.165) is 0 Å². The predicted molar refractivity (Wildman–Crippen MR) is 50.3 cm³/mol. The molecule has 0 N–H and O–H groups in total. The highest BCUT2D eigenvalue weighted by molar-refractivity contribution is 5.22. The van der Waals surface area contributed by atoms with Gasteiger partial charge in [0.2, 0.25) is 0 Å². The molecule has 0 bridgehead atoms. The van der Waals surface area contributed by atoms with Crippen molar-refractivity contribution < 1.29 is 5.11 Å². The fraction of sp³-hybridized carbons (Fsp3) is 0.636. The Balaban J connectivity index is 2.89. The molecule has 0 saturated heterocycles. The molecule has 0 fully saturated rings. The molecule has 12 heavy (non-hydrogen) atoms. The summed E-state index contributed by atoms with van der Waals surface area (Å²) in [5, 5.41) is 11.0. The van der Waals surface area contributed by atoms with E-state index >= 15 is 0 Å². The molecule has 0 amide bonds. The molecule has 1 nitrogen and oxygen atoms in total. The lowest BCUT2D eigenvalue weighted by Crippen LogP contribution is -2.30. The van der Waals surface area contributed by atoms with E-state index in [4.69, 9.17) is 0 Å². The van der Waals surface area contributed by atoms with Crippen molar-refractivity contribution in [3.63, 3.8) is 0 Å². The van der Waals surface area contributed by atoms with Gasteiger partial charge in [0.25, 0.3) is 0 Å². The minimum Gasteiger partial charge on any atom is -0.224 e. The maximum atomic E-state index is 11.0. The fourth-order valence-electron chi connectivity index (χ4n) is 1.21. The van der Waals surface area contributed by atoms with Crippen LogP contribution in [0, 0.1) is 10.8 Å². The minimum atomic E-state index is -0.638. The van der Waals surface area contributed by atoms with Crippen molar-refractivity contribution in [2.75, 3.05) is 0 Å². The highest BCUT2D eigenvalue weighted by Crippen LogP contribution is 2.42. The van der Waals surface area contributed by atoms with E-state index in [0.29, 0.717) is 0 Å². The van der Waals surface area contributed by atoms with Gasteiger partial charge in [-0.25, -0.2) is 5.11 Å². The lowest BCUT2D eigenvalue weighted by molar-refractivity contribution is 0.155. The standard InChI is InChI=1S/C11H17O/c1-10(2,3)11(4)7-5-9(12)6-8-11/h5-9H,1-4H3. The van der Waals surface area contributed by atoms with Crippen LogP contribution in [0.5, 0.6) is 0 Å². The summed E-state index contributed by atoms with van der Waals surface area (Å²) in [4.78, 5) is 0. The number of rotatable bonds is 0. The van der Waals surface area contributed by atoms with E-state index in [9.17, 15) is 5.11 Å². The zero-order valence-corrected chi connectivity index (χ0v) is 8.29. The number of allylic oxidation sites excluding steroid dienone is 2. The van der Waals surface area contributed by atoms with Crippen molar-refractivity contribution in [1.82, 2.24) is 0 Å². The fourth-order valence-corrected chi connectivity index (χ4v) is 1.21. The second-order valence-electron chi connectivity index (χ2n) is 4.72. The topological polar surface area (TPSA) is 19.9 Å². The van der Waals surface area contributed by atoms with E-state index in [2.05, 4.69) is 27.7 Å². The lowest BCUT2D eigenvalue weighted by Gasteiger charge is -2.38. The molecule has 0 aromatic carbocycles. The van der Waals surface area contributed by atoms with Gasteiger partial charge in [0.05, 0.1) is 0 Å². The predicted octanol–water partition coefficient (Wildman–Crippen LogP) is 2.96. The van der Waals surface area contributed by atoms with E-state index in [1.807, 2.05) is 12.2 Å². The van der Waals surface area contributed by atoms with Gasteiger partial charge in [0.15, 0.2) is 0 Å². The van der Waals surface area contributed by atoms with Crippen LogP contribution in [-0.4, -0.2) is 6.10 Å². The highest BCUT2D eigenvalue weighted by Gasteiger charge is 2.34. The van der Waals surface area contributed by atoms with Crippen molar-refractivity contribution in [3.8, 4) is 0 Å². The second kappa shape index (κ2) is 2.74. The molecule has 0 aromatic rings. The van der Waals surface area contributed by atoms with Crippen molar-refractivity contribution >= 4 is 0 Å². The summed E-state index contributed by atoms with van der Waals surface area (Å²) < 4.78 is 0. The monoisotopic (exact) mass is 165 g/mol. The Kier molecular flexibility index (Phi) is 2.17. The van der Waals surface area contributed by atoms with Crippen molar-refractivity contribution in [2.24, 2.45) is 10.8 Å². The molecule has 0 saturated carbocycles. The van der Waals surface area contributed by atoms with Crippen LogP contribution in [-0.2, 0) is 5.11 Å². The van der Waals surface area contributed by atoms with Crippen LogP contribution in [0.15, 0.2) is 24.3 Å². The first-order valence-electron chi connectivity index (χ1n) is 4.40. The summed E-state index contributed by atoms with van der Waals surface area (Å²) in [6, 6.07) is 0. The van der Waals surface area contributed by atoms with E-state index < -0.39 is 6.10 Å². The Morgan fingerprint density at radius 3 is 1.92 bits per heavy atom. The lowest BCUT2D eigenvalue weighted by atomic mass is 9.66. The molecule has 0 atom stereocenters. The first-order valence-corrected chi connectivity index (χ1v) is 4.40. The molecule has 1 aliphatic carbocycles. The van der Waals surface area contributed by atoms with E-state index in [1.165, 1.54) is 0 Å². The van der Waals surface area contributed by atoms with Crippen LogP contribution in [0.3, 0.4) is 0 Å².